The van der Waals surface area contributed by atoms with Crippen molar-refractivity contribution in [2.75, 3.05) is 23.8 Å². The minimum atomic E-state index is -1.40. The molecule has 0 aliphatic heterocycles. The highest BCUT2D eigenvalue weighted by atomic mass is 16.6. The lowest BCUT2D eigenvalue weighted by Crippen LogP contribution is -2.09. The van der Waals surface area contributed by atoms with E-state index in [0.29, 0.717) is 5.69 Å². The molecule has 0 aromatic heterocycles. The van der Waals surface area contributed by atoms with Crippen LogP contribution in [0.25, 0.3) is 0 Å². The molecule has 0 heterocycles. The van der Waals surface area contributed by atoms with Crippen molar-refractivity contribution >= 4 is 34.4 Å². The van der Waals surface area contributed by atoms with Gasteiger partial charge in [-0.3, -0.25) is 20.2 Å². The molecule has 4 N–H and O–H groups in total. The van der Waals surface area contributed by atoms with E-state index in [4.69, 9.17) is 5.11 Å². The molecule has 0 radical (unpaired) electrons. The molecule has 2 aromatic rings. The number of aromatic carboxylic acids is 1. The van der Waals surface area contributed by atoms with Crippen LogP contribution in [-0.2, 0) is 0 Å². The highest BCUT2D eigenvalue weighted by Crippen LogP contribution is 2.32. The number of nitrogens with zero attached hydrogens (tertiary/aromatic N) is 2. The van der Waals surface area contributed by atoms with Gasteiger partial charge >= 0.3 is 5.97 Å². The first-order chi connectivity index (χ1) is 12.3. The molecule has 0 aliphatic carbocycles. The first-order valence-electron chi connectivity index (χ1n) is 7.25. The van der Waals surface area contributed by atoms with Crippen LogP contribution in [0.2, 0.25) is 0 Å². The van der Waals surface area contributed by atoms with E-state index in [1.807, 2.05) is 0 Å². The summed E-state index contributed by atoms with van der Waals surface area (Å²) >= 11 is 0. The Morgan fingerprint density at radius 3 is 2.08 bits per heavy atom. The van der Waals surface area contributed by atoms with Crippen molar-refractivity contribution in [1.82, 2.24) is 0 Å². The molecule has 0 bridgehead atoms. The summed E-state index contributed by atoms with van der Waals surface area (Å²) in [7, 11) is 0. The molecule has 11 nitrogen and oxygen atoms in total. The highest BCUT2D eigenvalue weighted by Gasteiger charge is 2.18. The predicted molar refractivity (Wildman–Crippen MR) is 92.0 cm³/mol. The molecule has 2 rings (SSSR count). The number of hydrogen-bond donors (Lipinski definition) is 4. The van der Waals surface area contributed by atoms with E-state index < -0.39 is 21.5 Å². The van der Waals surface area contributed by atoms with Gasteiger partial charge in [-0.05, 0) is 12.1 Å². The third-order valence-electron chi connectivity index (χ3n) is 3.35. The van der Waals surface area contributed by atoms with Crippen LogP contribution in [-0.4, -0.2) is 39.2 Å². The van der Waals surface area contributed by atoms with E-state index in [0.717, 1.165) is 12.1 Å². The van der Waals surface area contributed by atoms with Crippen molar-refractivity contribution in [1.29, 1.82) is 0 Å². The quantitative estimate of drug-likeness (QED) is 0.407. The number of nitrogens with one attached hydrogen (secondary N) is 2. The van der Waals surface area contributed by atoms with E-state index in [2.05, 4.69) is 10.6 Å². The summed E-state index contributed by atoms with van der Waals surface area (Å²) < 4.78 is 0. The lowest BCUT2D eigenvalue weighted by Gasteiger charge is -2.14. The minimum Gasteiger partial charge on any atom is -0.478 e. The van der Waals surface area contributed by atoms with E-state index in [1.54, 1.807) is 0 Å². The number of nitro benzene ring substituents is 2. The summed E-state index contributed by atoms with van der Waals surface area (Å²) in [6.07, 6.45) is 0. The molecule has 0 saturated carbocycles. The van der Waals surface area contributed by atoms with Crippen LogP contribution >= 0.6 is 0 Å². The van der Waals surface area contributed by atoms with Crippen molar-refractivity contribution < 1.29 is 24.9 Å². The number of carboxylic acids is 1. The lowest BCUT2D eigenvalue weighted by atomic mass is 10.1. The number of rotatable bonds is 8. The van der Waals surface area contributed by atoms with Crippen LogP contribution in [0.15, 0.2) is 36.4 Å². The number of anilines is 3. The maximum Gasteiger partial charge on any atom is 0.338 e. The predicted octanol–water partition coefficient (Wildman–Crippen LogP) is 2.35. The second kappa shape index (κ2) is 7.90. The van der Waals surface area contributed by atoms with Crippen LogP contribution in [0.5, 0.6) is 0 Å². The topological polar surface area (TPSA) is 168 Å². The van der Waals surface area contributed by atoms with Crippen molar-refractivity contribution in [3.05, 3.63) is 62.2 Å². The Morgan fingerprint density at radius 1 is 0.962 bits per heavy atom. The molecular weight excluding hydrogens is 348 g/mol. The van der Waals surface area contributed by atoms with Crippen LogP contribution in [0.1, 0.15) is 10.4 Å². The minimum absolute atomic E-state index is 0.0237. The van der Waals surface area contributed by atoms with Crippen molar-refractivity contribution in [3.63, 3.8) is 0 Å². The lowest BCUT2D eigenvalue weighted by molar-refractivity contribution is -0.385. The van der Waals surface area contributed by atoms with Gasteiger partial charge in [0.1, 0.15) is 0 Å². The number of nitro groups is 2. The standard InChI is InChI=1S/C15H14N4O7/c20-6-5-16-13-4-2-10(19(25)26)8-14(13)17-12-3-1-9(18(23)24)7-11(12)15(21)22/h1-4,7-8,16-17,20H,5-6H2,(H,21,22). The summed E-state index contributed by atoms with van der Waals surface area (Å²) in [4.78, 5) is 31.9. The number of carboxylic acid groups (broad SMARTS) is 1. The van der Waals surface area contributed by atoms with Gasteiger partial charge in [0.15, 0.2) is 0 Å². The van der Waals surface area contributed by atoms with Gasteiger partial charge in [-0.25, -0.2) is 4.79 Å². The largest absolute Gasteiger partial charge is 0.478 e. The fourth-order valence-corrected chi connectivity index (χ4v) is 2.17. The zero-order valence-corrected chi connectivity index (χ0v) is 13.2. The number of aliphatic hydroxyl groups excluding tert-OH is 1. The average Bonchev–Trinajstić information content (AvgIpc) is 2.60. The Labute approximate surface area is 146 Å². The molecule has 0 atom stereocenters. The Morgan fingerprint density at radius 2 is 1.54 bits per heavy atom. The highest BCUT2D eigenvalue weighted by molar-refractivity contribution is 5.96. The second-order valence-electron chi connectivity index (χ2n) is 5.05. The zero-order chi connectivity index (χ0) is 19.3. The van der Waals surface area contributed by atoms with Crippen LogP contribution in [0.4, 0.5) is 28.4 Å². The third kappa shape index (κ3) is 4.21. The van der Waals surface area contributed by atoms with Gasteiger partial charge in [-0.1, -0.05) is 0 Å². The van der Waals surface area contributed by atoms with Crippen LogP contribution in [0.3, 0.4) is 0 Å². The van der Waals surface area contributed by atoms with E-state index in [1.165, 1.54) is 24.3 Å². The molecule has 0 spiro atoms. The zero-order valence-electron chi connectivity index (χ0n) is 13.2. The fraction of sp³-hybridized carbons (Fsp3) is 0.133. The summed E-state index contributed by atoms with van der Waals surface area (Å²) in [6.45, 7) is -0.0210. The van der Waals surface area contributed by atoms with Gasteiger partial charge in [0.25, 0.3) is 11.4 Å². The summed E-state index contributed by atoms with van der Waals surface area (Å²) in [5.74, 6) is -1.40. The van der Waals surface area contributed by atoms with Gasteiger partial charge in [0, 0.05) is 30.8 Å². The number of aliphatic hydroxyl groups is 1. The monoisotopic (exact) mass is 362 g/mol. The SMILES string of the molecule is O=C(O)c1cc([N+](=O)[O-])ccc1Nc1cc([N+](=O)[O-])ccc1NCCO. The normalized spacial score (nSPS) is 10.2. The summed E-state index contributed by atoms with van der Waals surface area (Å²) in [5.41, 5.74) is -0.399. The Hall–Kier alpha value is -3.73. The number of benzene rings is 2. The Bertz CT molecular complexity index is 869. The van der Waals surface area contributed by atoms with Gasteiger partial charge in [0.2, 0.25) is 0 Å². The molecular formula is C15H14N4O7. The first-order valence-corrected chi connectivity index (χ1v) is 7.25. The molecule has 26 heavy (non-hydrogen) atoms. The summed E-state index contributed by atoms with van der Waals surface area (Å²) in [5, 5.41) is 45.6. The third-order valence-corrected chi connectivity index (χ3v) is 3.35. The fourth-order valence-electron chi connectivity index (χ4n) is 2.17. The smallest absolute Gasteiger partial charge is 0.338 e. The Balaban J connectivity index is 2.48. The van der Waals surface area contributed by atoms with Gasteiger partial charge < -0.3 is 20.8 Å². The second-order valence-corrected chi connectivity index (χ2v) is 5.05. The number of carbonyl (C=O) groups is 1. The summed E-state index contributed by atoms with van der Waals surface area (Å²) in [6, 6.07) is 7.06. The molecule has 136 valence electrons. The molecule has 11 heteroatoms. The maximum absolute atomic E-state index is 11.4. The number of non-ortho nitro benzene ring substituents is 2. The molecule has 0 unspecified atom stereocenters. The van der Waals surface area contributed by atoms with E-state index in [-0.39, 0.29) is 35.8 Å². The molecule has 0 aliphatic rings. The van der Waals surface area contributed by atoms with Crippen molar-refractivity contribution in [2.24, 2.45) is 0 Å². The van der Waals surface area contributed by atoms with Gasteiger partial charge in [-0.15, -0.1) is 0 Å². The van der Waals surface area contributed by atoms with Crippen molar-refractivity contribution in [3.8, 4) is 0 Å². The van der Waals surface area contributed by atoms with E-state index in [9.17, 15) is 30.1 Å². The van der Waals surface area contributed by atoms with Crippen LogP contribution < -0.4 is 10.6 Å². The molecule has 0 saturated heterocycles. The first kappa shape index (κ1) is 18.6. The van der Waals surface area contributed by atoms with Gasteiger partial charge in [-0.2, -0.15) is 0 Å². The molecule has 0 amide bonds. The van der Waals surface area contributed by atoms with Crippen molar-refractivity contribution in [2.45, 2.75) is 0 Å². The Kier molecular flexibility index (Phi) is 5.65. The van der Waals surface area contributed by atoms with E-state index >= 15 is 0 Å². The van der Waals surface area contributed by atoms with Gasteiger partial charge in [0.05, 0.1) is 39.1 Å². The average molecular weight is 362 g/mol. The maximum atomic E-state index is 11.4. The van der Waals surface area contributed by atoms with Crippen LogP contribution in [0, 0.1) is 20.2 Å². The number of hydrogen-bond acceptors (Lipinski definition) is 8. The molecule has 0 fully saturated rings. The molecule has 2 aromatic carbocycles.